The van der Waals surface area contributed by atoms with Crippen LogP contribution < -0.4 is 0 Å². The molecule has 0 aromatic rings. The van der Waals surface area contributed by atoms with E-state index in [-0.39, 0.29) is 6.61 Å². The molecule has 10 heavy (non-hydrogen) atoms. The van der Waals surface area contributed by atoms with Crippen molar-refractivity contribution in [3.05, 3.63) is 0 Å². The smallest absolute Gasteiger partial charge is 0.133 e. The van der Waals surface area contributed by atoms with Gasteiger partial charge in [0.2, 0.25) is 0 Å². The Balaban J connectivity index is 3.58. The number of hydrogen-bond acceptors (Lipinski definition) is 1. The summed E-state index contributed by atoms with van der Waals surface area (Å²) < 4.78 is 13.2. The molecule has 0 aliphatic heterocycles. The van der Waals surface area contributed by atoms with E-state index in [1.54, 1.807) is 6.92 Å². The highest BCUT2D eigenvalue weighted by atomic mass is 19.1. The van der Waals surface area contributed by atoms with Gasteiger partial charge in [-0.1, -0.05) is 26.7 Å². The van der Waals surface area contributed by atoms with E-state index in [0.717, 1.165) is 12.8 Å². The molecule has 0 rings (SSSR count). The van der Waals surface area contributed by atoms with Gasteiger partial charge in [0, 0.05) is 0 Å². The van der Waals surface area contributed by atoms with E-state index in [1.165, 1.54) is 0 Å². The molecule has 0 amide bonds. The summed E-state index contributed by atoms with van der Waals surface area (Å²) in [5, 5.41) is 8.64. The lowest BCUT2D eigenvalue weighted by Crippen LogP contribution is -2.26. The Labute approximate surface area is 62.3 Å². The third-order valence-electron chi connectivity index (χ3n) is 1.90. The number of halogens is 1. The van der Waals surface area contributed by atoms with Gasteiger partial charge in [-0.15, -0.1) is 0 Å². The van der Waals surface area contributed by atoms with E-state index < -0.39 is 5.67 Å². The Morgan fingerprint density at radius 1 is 1.40 bits per heavy atom. The first-order valence-electron chi connectivity index (χ1n) is 3.98. The summed E-state index contributed by atoms with van der Waals surface area (Å²) in [4.78, 5) is 0. The van der Waals surface area contributed by atoms with Crippen LogP contribution in [0.2, 0.25) is 0 Å². The molecule has 0 heterocycles. The van der Waals surface area contributed by atoms with Gasteiger partial charge >= 0.3 is 0 Å². The Bertz CT molecular complexity index is 79.3. The van der Waals surface area contributed by atoms with Crippen molar-refractivity contribution in [1.29, 1.82) is 0 Å². The van der Waals surface area contributed by atoms with Crippen LogP contribution in [0.25, 0.3) is 0 Å². The summed E-state index contributed by atoms with van der Waals surface area (Å²) in [5.41, 5.74) is -1.31. The molecule has 0 aliphatic rings. The fourth-order valence-electron chi connectivity index (χ4n) is 0.861. The molecule has 0 spiro atoms. The fraction of sp³-hybridized carbons (Fsp3) is 1.00. The maximum atomic E-state index is 13.2. The molecule has 0 bridgehead atoms. The predicted octanol–water partition coefficient (Wildman–Crippen LogP) is 2.29. The van der Waals surface area contributed by atoms with Crippen molar-refractivity contribution in [3.8, 4) is 0 Å². The minimum atomic E-state index is -1.31. The van der Waals surface area contributed by atoms with Crippen molar-refractivity contribution < 1.29 is 9.50 Å². The minimum Gasteiger partial charge on any atom is -0.393 e. The third-order valence-corrected chi connectivity index (χ3v) is 1.90. The normalized spacial score (nSPS) is 16.8. The molecule has 0 saturated carbocycles. The van der Waals surface area contributed by atoms with E-state index in [1.807, 2.05) is 6.92 Å². The van der Waals surface area contributed by atoms with Crippen LogP contribution in [-0.4, -0.2) is 17.4 Å². The summed E-state index contributed by atoms with van der Waals surface area (Å²) in [5.74, 6) is 0. The van der Waals surface area contributed by atoms with E-state index in [0.29, 0.717) is 12.8 Å². The molecule has 62 valence electrons. The number of aliphatic hydroxyl groups is 1. The largest absolute Gasteiger partial charge is 0.393 e. The molecule has 1 nitrogen and oxygen atoms in total. The number of aliphatic hydroxyl groups excluding tert-OH is 1. The summed E-state index contributed by atoms with van der Waals surface area (Å²) in [6.07, 6.45) is 2.77. The molecular weight excluding hydrogens is 131 g/mol. The molecule has 0 aromatic carbocycles. The Kier molecular flexibility index (Phi) is 4.62. The second-order valence-corrected chi connectivity index (χ2v) is 2.77. The molecule has 0 radical (unpaired) electrons. The molecule has 1 unspecified atom stereocenters. The van der Waals surface area contributed by atoms with E-state index in [2.05, 4.69) is 0 Å². The van der Waals surface area contributed by atoms with Gasteiger partial charge in [-0.3, -0.25) is 0 Å². The van der Waals surface area contributed by atoms with Crippen LogP contribution in [0.15, 0.2) is 0 Å². The first-order chi connectivity index (χ1) is 4.68. The fourth-order valence-corrected chi connectivity index (χ4v) is 0.861. The topological polar surface area (TPSA) is 20.2 Å². The highest BCUT2D eigenvalue weighted by Gasteiger charge is 2.24. The standard InChI is InChI=1S/C8H17FO/c1-3-5-6-8(9,4-2)7-10/h10H,3-7H2,1-2H3. The predicted molar refractivity (Wildman–Crippen MR) is 40.7 cm³/mol. The minimum absolute atomic E-state index is 0.330. The molecule has 0 saturated heterocycles. The maximum absolute atomic E-state index is 13.2. The van der Waals surface area contributed by atoms with Gasteiger partial charge in [0.1, 0.15) is 5.67 Å². The second kappa shape index (κ2) is 4.67. The number of alkyl halides is 1. The first-order valence-corrected chi connectivity index (χ1v) is 3.98. The average molecular weight is 148 g/mol. The van der Waals surface area contributed by atoms with Gasteiger partial charge in [-0.2, -0.15) is 0 Å². The Hall–Kier alpha value is -0.110. The van der Waals surface area contributed by atoms with Crippen molar-refractivity contribution in [3.63, 3.8) is 0 Å². The molecule has 1 N–H and O–H groups in total. The second-order valence-electron chi connectivity index (χ2n) is 2.77. The first kappa shape index (κ1) is 9.89. The molecule has 1 atom stereocenters. The molecule has 0 fully saturated rings. The van der Waals surface area contributed by atoms with Crippen LogP contribution in [0.1, 0.15) is 39.5 Å². The summed E-state index contributed by atoms with van der Waals surface area (Å²) in [7, 11) is 0. The van der Waals surface area contributed by atoms with Crippen LogP contribution in [-0.2, 0) is 0 Å². The monoisotopic (exact) mass is 148 g/mol. The molecule has 0 aromatic heterocycles. The lowest BCUT2D eigenvalue weighted by Gasteiger charge is -2.20. The van der Waals surface area contributed by atoms with Crippen molar-refractivity contribution in [2.75, 3.05) is 6.61 Å². The third kappa shape index (κ3) is 3.16. The van der Waals surface area contributed by atoms with Crippen molar-refractivity contribution >= 4 is 0 Å². The van der Waals surface area contributed by atoms with Crippen molar-refractivity contribution in [2.45, 2.75) is 45.2 Å². The van der Waals surface area contributed by atoms with Gasteiger partial charge in [-0.05, 0) is 12.8 Å². The van der Waals surface area contributed by atoms with Gasteiger partial charge in [-0.25, -0.2) is 4.39 Å². The lowest BCUT2D eigenvalue weighted by molar-refractivity contribution is 0.0569. The molecule has 0 aliphatic carbocycles. The van der Waals surface area contributed by atoms with Crippen LogP contribution in [0.5, 0.6) is 0 Å². The lowest BCUT2D eigenvalue weighted by atomic mass is 9.97. The number of hydrogen-bond donors (Lipinski definition) is 1. The number of unbranched alkanes of at least 4 members (excludes halogenated alkanes) is 1. The van der Waals surface area contributed by atoms with Crippen LogP contribution in [0.3, 0.4) is 0 Å². The molecule has 2 heteroatoms. The van der Waals surface area contributed by atoms with Crippen LogP contribution in [0.4, 0.5) is 4.39 Å². The summed E-state index contributed by atoms with van der Waals surface area (Å²) in [6.45, 7) is 3.46. The van der Waals surface area contributed by atoms with E-state index in [9.17, 15) is 4.39 Å². The zero-order chi connectivity index (χ0) is 8.04. The van der Waals surface area contributed by atoms with E-state index >= 15 is 0 Å². The zero-order valence-electron chi connectivity index (χ0n) is 6.86. The summed E-state index contributed by atoms with van der Waals surface area (Å²) in [6, 6.07) is 0. The molecular formula is C8H17FO. The maximum Gasteiger partial charge on any atom is 0.133 e. The summed E-state index contributed by atoms with van der Waals surface area (Å²) >= 11 is 0. The van der Waals surface area contributed by atoms with E-state index in [4.69, 9.17) is 5.11 Å². The van der Waals surface area contributed by atoms with Gasteiger partial charge in [0.25, 0.3) is 0 Å². The zero-order valence-corrected chi connectivity index (χ0v) is 6.86. The van der Waals surface area contributed by atoms with Gasteiger partial charge in [0.15, 0.2) is 0 Å². The van der Waals surface area contributed by atoms with Gasteiger partial charge in [0.05, 0.1) is 6.61 Å². The van der Waals surface area contributed by atoms with Gasteiger partial charge < -0.3 is 5.11 Å². The quantitative estimate of drug-likeness (QED) is 0.634. The van der Waals surface area contributed by atoms with Crippen molar-refractivity contribution in [2.24, 2.45) is 0 Å². The number of rotatable bonds is 5. The van der Waals surface area contributed by atoms with Crippen LogP contribution >= 0.6 is 0 Å². The Morgan fingerprint density at radius 3 is 2.30 bits per heavy atom. The Morgan fingerprint density at radius 2 is 2.00 bits per heavy atom. The van der Waals surface area contributed by atoms with Crippen molar-refractivity contribution in [1.82, 2.24) is 0 Å². The highest BCUT2D eigenvalue weighted by Crippen LogP contribution is 2.22. The SMILES string of the molecule is CCCCC(F)(CC)CO. The average Bonchev–Trinajstić information content (AvgIpc) is 2.00. The van der Waals surface area contributed by atoms with Crippen LogP contribution in [0, 0.1) is 0 Å². The highest BCUT2D eigenvalue weighted by molar-refractivity contribution is 4.75.